The number of ether oxygens (including phenoxy) is 1. The highest BCUT2D eigenvalue weighted by molar-refractivity contribution is 7.92. The van der Waals surface area contributed by atoms with Gasteiger partial charge >= 0.3 is 5.97 Å². The number of benzene rings is 1. The molecule has 7 nitrogen and oxygen atoms in total. The average Bonchev–Trinajstić information content (AvgIpc) is 2.54. The lowest BCUT2D eigenvalue weighted by Crippen LogP contribution is -2.15. The Labute approximate surface area is 144 Å². The zero-order valence-electron chi connectivity index (χ0n) is 13.8. The number of hydrogen-bond acceptors (Lipinski definition) is 5. The molecule has 1 aromatic carbocycles. The first kappa shape index (κ1) is 18.7. The van der Waals surface area contributed by atoms with Gasteiger partial charge in [0.05, 0.1) is 17.6 Å². The fraction of sp³-hybridized carbons (Fsp3) is 0.250. The molecular formula is C16H17FN2O5S. The molecule has 25 heavy (non-hydrogen) atoms. The number of pyridine rings is 1. The number of carboxylic acids is 1. The molecule has 134 valence electrons. The van der Waals surface area contributed by atoms with Gasteiger partial charge < -0.3 is 9.84 Å². The van der Waals surface area contributed by atoms with Crippen molar-refractivity contribution in [1.82, 2.24) is 4.98 Å². The second-order valence-electron chi connectivity index (χ2n) is 5.53. The summed E-state index contributed by atoms with van der Waals surface area (Å²) in [6.45, 7) is 3.84. The highest BCUT2D eigenvalue weighted by Crippen LogP contribution is 2.28. The van der Waals surface area contributed by atoms with Gasteiger partial charge in [-0.2, -0.15) is 0 Å². The van der Waals surface area contributed by atoms with Gasteiger partial charge in [0.15, 0.2) is 0 Å². The van der Waals surface area contributed by atoms with E-state index < -0.39 is 27.4 Å². The Balaban J connectivity index is 2.47. The number of sulfonamides is 1. The summed E-state index contributed by atoms with van der Waals surface area (Å²) in [6.07, 6.45) is 1.57. The molecule has 0 unspecified atom stereocenters. The summed E-state index contributed by atoms with van der Waals surface area (Å²) in [5.74, 6) is -2.41. The lowest BCUT2D eigenvalue weighted by molar-refractivity contribution is 0.0691. The number of hydrogen-bond donors (Lipinski definition) is 2. The number of methoxy groups -OCH3 is 1. The van der Waals surface area contributed by atoms with Crippen molar-refractivity contribution in [2.75, 3.05) is 11.8 Å². The first-order chi connectivity index (χ1) is 11.7. The Morgan fingerprint density at radius 1 is 1.32 bits per heavy atom. The summed E-state index contributed by atoms with van der Waals surface area (Å²) in [5, 5.41) is 8.94. The molecule has 2 rings (SSSR count). The molecule has 0 amide bonds. The van der Waals surface area contributed by atoms with Crippen LogP contribution in [0, 0.1) is 5.82 Å². The van der Waals surface area contributed by atoms with E-state index in [1.54, 1.807) is 12.3 Å². The minimum Gasteiger partial charge on any atom is -0.480 e. The Morgan fingerprint density at radius 2 is 2.00 bits per heavy atom. The lowest BCUT2D eigenvalue weighted by atomic mass is 10.1. The van der Waals surface area contributed by atoms with Gasteiger partial charge in [0.25, 0.3) is 10.0 Å². The van der Waals surface area contributed by atoms with Gasteiger partial charge in [0.2, 0.25) is 5.88 Å². The molecule has 1 aromatic heterocycles. The third-order valence-electron chi connectivity index (χ3n) is 3.46. The molecule has 1 heterocycles. The summed E-state index contributed by atoms with van der Waals surface area (Å²) in [7, 11) is -2.82. The first-order valence-electron chi connectivity index (χ1n) is 7.25. The highest BCUT2D eigenvalue weighted by atomic mass is 32.2. The second-order valence-corrected chi connectivity index (χ2v) is 7.21. The summed E-state index contributed by atoms with van der Waals surface area (Å²) < 4.78 is 45.9. The van der Waals surface area contributed by atoms with Crippen LogP contribution in [0.15, 0.2) is 35.4 Å². The second kappa shape index (κ2) is 7.06. The monoisotopic (exact) mass is 368 g/mol. The molecule has 0 saturated heterocycles. The quantitative estimate of drug-likeness (QED) is 0.812. The van der Waals surface area contributed by atoms with Crippen LogP contribution in [-0.4, -0.2) is 31.6 Å². The largest absolute Gasteiger partial charge is 0.480 e. The van der Waals surface area contributed by atoms with Crippen molar-refractivity contribution in [1.29, 1.82) is 0 Å². The van der Waals surface area contributed by atoms with Crippen LogP contribution in [0.5, 0.6) is 5.88 Å². The van der Waals surface area contributed by atoms with E-state index in [1.807, 2.05) is 13.8 Å². The van der Waals surface area contributed by atoms with Crippen molar-refractivity contribution in [3.63, 3.8) is 0 Å². The van der Waals surface area contributed by atoms with E-state index in [0.29, 0.717) is 0 Å². The van der Waals surface area contributed by atoms with Gasteiger partial charge in [-0.05, 0) is 35.7 Å². The van der Waals surface area contributed by atoms with Gasteiger partial charge in [0.1, 0.15) is 11.5 Å². The van der Waals surface area contributed by atoms with E-state index in [0.717, 1.165) is 23.8 Å². The van der Waals surface area contributed by atoms with Crippen molar-refractivity contribution in [2.45, 2.75) is 24.7 Å². The predicted octanol–water partition coefficient (Wildman–Crippen LogP) is 2.85. The number of rotatable bonds is 6. The zero-order valence-corrected chi connectivity index (χ0v) is 14.6. The third-order valence-corrected chi connectivity index (χ3v) is 4.82. The fourth-order valence-electron chi connectivity index (χ4n) is 2.06. The number of aromatic carboxylic acids is 1. The number of carbonyl (C=O) groups is 1. The summed E-state index contributed by atoms with van der Waals surface area (Å²) in [5.41, 5.74) is 0.155. The molecular weight excluding hydrogens is 351 g/mol. The summed E-state index contributed by atoms with van der Waals surface area (Å²) in [6, 6.07) is 4.11. The van der Waals surface area contributed by atoms with Crippen LogP contribution in [0.3, 0.4) is 0 Å². The lowest BCUT2D eigenvalue weighted by Gasteiger charge is -2.14. The van der Waals surface area contributed by atoms with Gasteiger partial charge in [-0.15, -0.1) is 0 Å². The van der Waals surface area contributed by atoms with Crippen LogP contribution >= 0.6 is 0 Å². The van der Waals surface area contributed by atoms with Gasteiger partial charge in [-0.3, -0.25) is 4.72 Å². The molecule has 0 radical (unpaired) electrons. The third kappa shape index (κ3) is 4.05. The molecule has 0 saturated carbocycles. The van der Waals surface area contributed by atoms with Crippen LogP contribution in [0.1, 0.15) is 35.7 Å². The molecule has 0 aliphatic heterocycles. The van der Waals surface area contributed by atoms with E-state index in [4.69, 9.17) is 9.84 Å². The van der Waals surface area contributed by atoms with Crippen LogP contribution in [-0.2, 0) is 10.0 Å². The van der Waals surface area contributed by atoms with Crippen molar-refractivity contribution in [3.05, 3.63) is 47.4 Å². The van der Waals surface area contributed by atoms with Crippen molar-refractivity contribution in [2.24, 2.45) is 0 Å². The van der Waals surface area contributed by atoms with Gasteiger partial charge in [0, 0.05) is 6.20 Å². The maximum Gasteiger partial charge on any atom is 0.338 e. The Bertz CT molecular complexity index is 913. The van der Waals surface area contributed by atoms with E-state index >= 15 is 0 Å². The smallest absolute Gasteiger partial charge is 0.338 e. The topological polar surface area (TPSA) is 106 Å². The Kier molecular flexibility index (Phi) is 5.27. The zero-order chi connectivity index (χ0) is 18.8. The molecule has 0 spiro atoms. The van der Waals surface area contributed by atoms with Gasteiger partial charge in [-0.1, -0.05) is 13.8 Å². The van der Waals surface area contributed by atoms with E-state index in [9.17, 15) is 17.6 Å². The number of anilines is 1. The highest BCUT2D eigenvalue weighted by Gasteiger charge is 2.21. The molecule has 0 bridgehead atoms. The minimum atomic E-state index is -4.16. The van der Waals surface area contributed by atoms with Crippen molar-refractivity contribution < 1.29 is 27.4 Å². The molecule has 0 aliphatic rings. The van der Waals surface area contributed by atoms with E-state index in [2.05, 4.69) is 9.71 Å². The van der Waals surface area contributed by atoms with Crippen molar-refractivity contribution in [3.8, 4) is 5.88 Å². The molecule has 0 fully saturated rings. The van der Waals surface area contributed by atoms with Crippen LogP contribution in [0.25, 0.3) is 0 Å². The first-order valence-corrected chi connectivity index (χ1v) is 8.73. The van der Waals surface area contributed by atoms with Crippen LogP contribution in [0.4, 0.5) is 10.1 Å². The van der Waals surface area contributed by atoms with E-state index in [-0.39, 0.29) is 22.4 Å². The van der Waals surface area contributed by atoms with E-state index in [1.165, 1.54) is 7.11 Å². The predicted molar refractivity (Wildman–Crippen MR) is 89.0 cm³/mol. The van der Waals surface area contributed by atoms with Crippen LogP contribution in [0.2, 0.25) is 0 Å². The number of nitrogens with one attached hydrogen (secondary N) is 1. The van der Waals surface area contributed by atoms with Crippen LogP contribution < -0.4 is 9.46 Å². The summed E-state index contributed by atoms with van der Waals surface area (Å²) in [4.78, 5) is 14.7. The SMILES string of the molecule is COc1ncc(C(C)C)cc1NS(=O)(=O)c1ccc(F)c(C(=O)O)c1. The number of halogens is 1. The standard InChI is InChI=1S/C16H17FN2O5S/c1-9(2)10-6-14(15(24-3)18-8-10)19-25(22,23)11-4-5-13(17)12(7-11)16(20)21/h4-9,19H,1-3H3,(H,20,21). The minimum absolute atomic E-state index is 0.0635. The number of nitrogens with zero attached hydrogens (tertiary/aromatic N) is 1. The molecule has 0 aliphatic carbocycles. The maximum absolute atomic E-state index is 13.5. The average molecular weight is 368 g/mol. The molecule has 0 atom stereocenters. The normalized spacial score (nSPS) is 11.4. The summed E-state index contributed by atoms with van der Waals surface area (Å²) >= 11 is 0. The Hall–Kier alpha value is -2.68. The molecule has 9 heteroatoms. The molecule has 2 N–H and O–H groups in total. The number of carboxylic acid groups (broad SMARTS) is 1. The molecule has 2 aromatic rings. The number of aromatic nitrogens is 1. The Morgan fingerprint density at radius 3 is 2.56 bits per heavy atom. The van der Waals surface area contributed by atoms with Gasteiger partial charge in [-0.25, -0.2) is 22.6 Å². The maximum atomic E-state index is 13.5. The van der Waals surface area contributed by atoms with Crippen molar-refractivity contribution >= 4 is 21.7 Å². The fourth-order valence-corrected chi connectivity index (χ4v) is 3.13.